The van der Waals surface area contributed by atoms with Crippen LogP contribution in [0, 0.1) is 6.92 Å². The van der Waals surface area contributed by atoms with E-state index in [2.05, 4.69) is 10.1 Å². The Morgan fingerprint density at radius 1 is 1.10 bits per heavy atom. The van der Waals surface area contributed by atoms with Crippen LogP contribution in [0.5, 0.6) is 0 Å². The van der Waals surface area contributed by atoms with Gasteiger partial charge in [0, 0.05) is 10.6 Å². The van der Waals surface area contributed by atoms with E-state index in [4.69, 9.17) is 33.5 Å². The SMILES string of the molecule is Cc1ccccc1-c1noc(-c2cc(Cl)cc(Cl)c2N)n1. The number of nitrogens with zero attached hydrogens (tertiary/aromatic N) is 2. The summed E-state index contributed by atoms with van der Waals surface area (Å²) >= 11 is 12.0. The molecule has 6 heteroatoms. The molecule has 0 saturated heterocycles. The minimum absolute atomic E-state index is 0.287. The molecular weight excluding hydrogens is 309 g/mol. The Morgan fingerprint density at radius 3 is 2.62 bits per heavy atom. The van der Waals surface area contributed by atoms with E-state index < -0.39 is 0 Å². The highest BCUT2D eigenvalue weighted by atomic mass is 35.5. The predicted octanol–water partition coefficient (Wildman–Crippen LogP) is 4.60. The number of hydrogen-bond acceptors (Lipinski definition) is 4. The summed E-state index contributed by atoms with van der Waals surface area (Å²) in [6.45, 7) is 1.98. The standard InChI is InChI=1S/C15H11Cl2N3O/c1-8-4-2-3-5-10(8)14-19-15(21-20-14)11-6-9(16)7-12(17)13(11)18/h2-7H,18H2,1H3. The summed E-state index contributed by atoms with van der Waals surface area (Å²) in [6, 6.07) is 11.0. The average molecular weight is 320 g/mol. The third-order valence-corrected chi connectivity index (χ3v) is 3.67. The van der Waals surface area contributed by atoms with Crippen LogP contribution in [0.4, 0.5) is 5.69 Å². The molecule has 0 unspecified atom stereocenters. The molecule has 4 nitrogen and oxygen atoms in total. The van der Waals surface area contributed by atoms with Gasteiger partial charge in [0.2, 0.25) is 5.82 Å². The van der Waals surface area contributed by atoms with Gasteiger partial charge in [-0.25, -0.2) is 0 Å². The van der Waals surface area contributed by atoms with Gasteiger partial charge in [-0.3, -0.25) is 0 Å². The molecule has 0 radical (unpaired) electrons. The van der Waals surface area contributed by atoms with E-state index in [1.165, 1.54) is 0 Å². The molecular formula is C15H11Cl2N3O. The Hall–Kier alpha value is -2.04. The summed E-state index contributed by atoms with van der Waals surface area (Å²) in [6.07, 6.45) is 0. The van der Waals surface area contributed by atoms with Crippen LogP contribution >= 0.6 is 23.2 Å². The Bertz CT molecular complexity index is 814. The quantitative estimate of drug-likeness (QED) is 0.701. The number of nitrogen functional groups attached to an aromatic ring is 1. The number of rotatable bonds is 2. The van der Waals surface area contributed by atoms with Crippen molar-refractivity contribution in [1.82, 2.24) is 10.1 Å². The van der Waals surface area contributed by atoms with E-state index in [0.29, 0.717) is 27.1 Å². The first kappa shape index (κ1) is 13.9. The molecule has 1 aromatic heterocycles. The molecule has 0 aliphatic heterocycles. The van der Waals surface area contributed by atoms with Crippen LogP contribution in [0.15, 0.2) is 40.9 Å². The lowest BCUT2D eigenvalue weighted by Crippen LogP contribution is -1.92. The fraction of sp³-hybridized carbons (Fsp3) is 0.0667. The maximum Gasteiger partial charge on any atom is 0.260 e. The molecule has 21 heavy (non-hydrogen) atoms. The van der Waals surface area contributed by atoms with Gasteiger partial charge in [-0.15, -0.1) is 0 Å². The molecule has 0 bridgehead atoms. The normalized spacial score (nSPS) is 10.8. The van der Waals surface area contributed by atoms with Crippen molar-refractivity contribution in [3.63, 3.8) is 0 Å². The Morgan fingerprint density at radius 2 is 1.86 bits per heavy atom. The van der Waals surface area contributed by atoms with E-state index in [-0.39, 0.29) is 5.89 Å². The van der Waals surface area contributed by atoms with Crippen LogP contribution in [0.3, 0.4) is 0 Å². The van der Waals surface area contributed by atoms with Crippen LogP contribution in [-0.2, 0) is 0 Å². The van der Waals surface area contributed by atoms with E-state index >= 15 is 0 Å². The highest BCUT2D eigenvalue weighted by Crippen LogP contribution is 2.35. The molecule has 0 fully saturated rings. The molecule has 0 saturated carbocycles. The van der Waals surface area contributed by atoms with E-state index in [1.54, 1.807) is 12.1 Å². The molecule has 0 spiro atoms. The van der Waals surface area contributed by atoms with E-state index in [0.717, 1.165) is 11.1 Å². The van der Waals surface area contributed by atoms with Crippen molar-refractivity contribution in [3.05, 3.63) is 52.0 Å². The molecule has 3 rings (SSSR count). The summed E-state index contributed by atoms with van der Waals surface area (Å²) < 4.78 is 5.29. The monoisotopic (exact) mass is 319 g/mol. The summed E-state index contributed by atoms with van der Waals surface area (Å²) in [7, 11) is 0. The van der Waals surface area contributed by atoms with Gasteiger partial charge in [-0.2, -0.15) is 4.98 Å². The first-order chi connectivity index (χ1) is 10.1. The number of anilines is 1. The molecule has 0 aliphatic carbocycles. The highest BCUT2D eigenvalue weighted by Gasteiger charge is 2.16. The summed E-state index contributed by atoms with van der Waals surface area (Å²) in [4.78, 5) is 4.38. The third kappa shape index (κ3) is 2.60. The largest absolute Gasteiger partial charge is 0.397 e. The predicted molar refractivity (Wildman–Crippen MR) is 84.3 cm³/mol. The Kier molecular flexibility index (Phi) is 3.57. The van der Waals surface area contributed by atoms with Gasteiger partial charge in [0.05, 0.1) is 16.3 Å². The number of aryl methyl sites for hydroxylation is 1. The molecule has 0 aliphatic rings. The van der Waals surface area contributed by atoms with Gasteiger partial charge in [-0.05, 0) is 24.6 Å². The van der Waals surface area contributed by atoms with Crippen LogP contribution < -0.4 is 5.73 Å². The second kappa shape index (κ2) is 5.39. The molecule has 3 aromatic rings. The average Bonchev–Trinajstić information content (AvgIpc) is 2.92. The maximum absolute atomic E-state index is 6.02. The lowest BCUT2D eigenvalue weighted by Gasteiger charge is -2.03. The van der Waals surface area contributed by atoms with Gasteiger partial charge in [0.15, 0.2) is 0 Å². The molecule has 0 amide bonds. The first-order valence-electron chi connectivity index (χ1n) is 6.21. The van der Waals surface area contributed by atoms with Crippen LogP contribution in [-0.4, -0.2) is 10.1 Å². The maximum atomic E-state index is 6.02. The van der Waals surface area contributed by atoms with Gasteiger partial charge in [-0.1, -0.05) is 52.6 Å². The third-order valence-electron chi connectivity index (χ3n) is 3.14. The van der Waals surface area contributed by atoms with Gasteiger partial charge >= 0.3 is 0 Å². The number of aromatic nitrogens is 2. The topological polar surface area (TPSA) is 64.9 Å². The second-order valence-electron chi connectivity index (χ2n) is 4.59. The van der Waals surface area contributed by atoms with Crippen LogP contribution in [0.1, 0.15) is 5.56 Å². The molecule has 106 valence electrons. The van der Waals surface area contributed by atoms with E-state index in [1.807, 2.05) is 31.2 Å². The Balaban J connectivity index is 2.09. The van der Waals surface area contributed by atoms with E-state index in [9.17, 15) is 0 Å². The van der Waals surface area contributed by atoms with Crippen molar-refractivity contribution >= 4 is 28.9 Å². The van der Waals surface area contributed by atoms with Crippen molar-refractivity contribution in [1.29, 1.82) is 0 Å². The zero-order valence-corrected chi connectivity index (χ0v) is 12.6. The van der Waals surface area contributed by atoms with Crippen molar-refractivity contribution in [2.45, 2.75) is 6.92 Å². The van der Waals surface area contributed by atoms with Crippen molar-refractivity contribution in [2.75, 3.05) is 5.73 Å². The molecule has 2 N–H and O–H groups in total. The molecule has 1 heterocycles. The lowest BCUT2D eigenvalue weighted by molar-refractivity contribution is 0.432. The highest BCUT2D eigenvalue weighted by molar-refractivity contribution is 6.37. The summed E-state index contributed by atoms with van der Waals surface area (Å²) in [5, 5.41) is 4.81. The zero-order chi connectivity index (χ0) is 15.0. The fourth-order valence-corrected chi connectivity index (χ4v) is 2.52. The first-order valence-corrected chi connectivity index (χ1v) is 6.96. The lowest BCUT2D eigenvalue weighted by atomic mass is 10.1. The summed E-state index contributed by atoms with van der Waals surface area (Å²) in [5.41, 5.74) is 8.79. The number of halogens is 2. The summed E-state index contributed by atoms with van der Waals surface area (Å²) in [5.74, 6) is 0.786. The van der Waals surface area contributed by atoms with Crippen molar-refractivity contribution in [3.8, 4) is 22.8 Å². The number of benzene rings is 2. The smallest absolute Gasteiger partial charge is 0.260 e. The van der Waals surface area contributed by atoms with Crippen LogP contribution in [0.2, 0.25) is 10.0 Å². The second-order valence-corrected chi connectivity index (χ2v) is 5.43. The molecule has 0 atom stereocenters. The van der Waals surface area contributed by atoms with Crippen molar-refractivity contribution < 1.29 is 4.52 Å². The minimum Gasteiger partial charge on any atom is -0.397 e. The van der Waals surface area contributed by atoms with Gasteiger partial charge < -0.3 is 10.3 Å². The number of nitrogens with two attached hydrogens (primary N) is 1. The van der Waals surface area contributed by atoms with Gasteiger partial charge in [0.1, 0.15) is 0 Å². The Labute approximate surface area is 131 Å². The minimum atomic E-state index is 0.287. The number of hydrogen-bond donors (Lipinski definition) is 1. The molecule has 2 aromatic carbocycles. The fourth-order valence-electron chi connectivity index (χ4n) is 2.03. The van der Waals surface area contributed by atoms with Crippen molar-refractivity contribution in [2.24, 2.45) is 0 Å². The zero-order valence-electron chi connectivity index (χ0n) is 11.1. The van der Waals surface area contributed by atoms with Crippen LogP contribution in [0.25, 0.3) is 22.8 Å². The van der Waals surface area contributed by atoms with Gasteiger partial charge in [0.25, 0.3) is 5.89 Å².